The lowest BCUT2D eigenvalue weighted by atomic mass is 10.1. The number of carbonyl (C=O) groups excluding carboxylic acids is 3. The van der Waals surface area contributed by atoms with Crippen molar-refractivity contribution < 1.29 is 28.6 Å². The lowest BCUT2D eigenvalue weighted by molar-refractivity contribution is -0.115. The molecule has 0 fully saturated rings. The number of hydrogen-bond donors (Lipinski definition) is 3. The molecule has 0 aliphatic heterocycles. The molecule has 232 valence electrons. The van der Waals surface area contributed by atoms with E-state index < -0.39 is 11.8 Å². The first kappa shape index (κ1) is 32.7. The smallest absolute Gasteiger partial charge is 0.272 e. The molecule has 4 rings (SSSR count). The Kier molecular flexibility index (Phi) is 11.6. The second-order valence-corrected chi connectivity index (χ2v) is 11.1. The molecule has 0 aliphatic rings. The first-order valence-corrected chi connectivity index (χ1v) is 15.1. The van der Waals surface area contributed by atoms with Crippen molar-refractivity contribution in [3.05, 3.63) is 114 Å². The average Bonchev–Trinajstić information content (AvgIpc) is 3.06. The highest BCUT2D eigenvalue weighted by molar-refractivity contribution is 8.00. The van der Waals surface area contributed by atoms with Crippen LogP contribution in [0.2, 0.25) is 0 Å². The third kappa shape index (κ3) is 9.38. The molecule has 3 amide bonds. The zero-order valence-electron chi connectivity index (χ0n) is 25.5. The Balaban J connectivity index is 1.45. The maximum absolute atomic E-state index is 13.5. The van der Waals surface area contributed by atoms with Gasteiger partial charge in [-0.2, -0.15) is 0 Å². The van der Waals surface area contributed by atoms with E-state index in [9.17, 15) is 14.4 Å². The number of thioether (sulfide) groups is 1. The first-order valence-electron chi connectivity index (χ1n) is 14.2. The van der Waals surface area contributed by atoms with Gasteiger partial charge in [0.05, 0.1) is 26.1 Å². The Morgan fingerprint density at radius 1 is 0.800 bits per heavy atom. The zero-order chi connectivity index (χ0) is 32.2. The SMILES string of the molecule is CCOc1ccc(NC(=O)C(C)Sc2ccc(NC(=O)/C(=C/c3ccc(OC)cc3OC)NC(=O)c3ccccc3)cc2)cc1. The van der Waals surface area contributed by atoms with Crippen LogP contribution in [0.5, 0.6) is 17.2 Å². The minimum Gasteiger partial charge on any atom is -0.497 e. The number of nitrogens with one attached hydrogen (secondary N) is 3. The summed E-state index contributed by atoms with van der Waals surface area (Å²) in [6.07, 6.45) is 1.54. The molecule has 0 saturated heterocycles. The van der Waals surface area contributed by atoms with E-state index in [-0.39, 0.29) is 16.9 Å². The van der Waals surface area contributed by atoms with Gasteiger partial charge in [0, 0.05) is 33.5 Å². The summed E-state index contributed by atoms with van der Waals surface area (Å²) in [7, 11) is 3.06. The van der Waals surface area contributed by atoms with E-state index in [0.717, 1.165) is 10.6 Å². The molecule has 4 aromatic carbocycles. The summed E-state index contributed by atoms with van der Waals surface area (Å²) in [6, 6.07) is 28.1. The number of benzene rings is 4. The maximum Gasteiger partial charge on any atom is 0.272 e. The van der Waals surface area contributed by atoms with Crippen LogP contribution in [0.3, 0.4) is 0 Å². The van der Waals surface area contributed by atoms with Crippen LogP contribution in [0.15, 0.2) is 108 Å². The Morgan fingerprint density at radius 2 is 1.44 bits per heavy atom. The highest BCUT2D eigenvalue weighted by Crippen LogP contribution is 2.28. The van der Waals surface area contributed by atoms with Gasteiger partial charge in [-0.05, 0) is 92.7 Å². The van der Waals surface area contributed by atoms with Crippen LogP contribution in [0, 0.1) is 0 Å². The first-order chi connectivity index (χ1) is 21.8. The van der Waals surface area contributed by atoms with E-state index in [2.05, 4.69) is 16.0 Å². The molecule has 1 unspecified atom stereocenters. The Morgan fingerprint density at radius 3 is 2.09 bits per heavy atom. The van der Waals surface area contributed by atoms with E-state index in [1.54, 1.807) is 86.0 Å². The van der Waals surface area contributed by atoms with Crippen LogP contribution in [-0.4, -0.2) is 43.8 Å². The van der Waals surface area contributed by atoms with Gasteiger partial charge >= 0.3 is 0 Å². The maximum atomic E-state index is 13.5. The second-order valence-electron chi connectivity index (χ2n) is 9.67. The molecule has 0 spiro atoms. The van der Waals surface area contributed by atoms with Crippen LogP contribution < -0.4 is 30.2 Å². The average molecular weight is 626 g/mol. The van der Waals surface area contributed by atoms with E-state index in [4.69, 9.17) is 14.2 Å². The molecule has 0 bridgehead atoms. The highest BCUT2D eigenvalue weighted by atomic mass is 32.2. The van der Waals surface area contributed by atoms with Crippen molar-refractivity contribution >= 4 is 46.9 Å². The Hall–Kier alpha value is -5.22. The number of ether oxygens (including phenoxy) is 3. The lowest BCUT2D eigenvalue weighted by Crippen LogP contribution is -2.30. The summed E-state index contributed by atoms with van der Waals surface area (Å²) >= 11 is 1.39. The van der Waals surface area contributed by atoms with Crippen molar-refractivity contribution in [1.29, 1.82) is 0 Å². The molecule has 3 N–H and O–H groups in total. The monoisotopic (exact) mass is 625 g/mol. The van der Waals surface area contributed by atoms with Gasteiger partial charge in [-0.1, -0.05) is 18.2 Å². The quantitative estimate of drug-likeness (QED) is 0.113. The van der Waals surface area contributed by atoms with Crippen LogP contribution in [0.25, 0.3) is 6.08 Å². The predicted molar refractivity (Wildman–Crippen MR) is 178 cm³/mol. The van der Waals surface area contributed by atoms with Crippen molar-refractivity contribution in [2.24, 2.45) is 0 Å². The van der Waals surface area contributed by atoms with Crippen molar-refractivity contribution in [2.75, 3.05) is 31.5 Å². The number of rotatable bonds is 13. The van der Waals surface area contributed by atoms with Crippen molar-refractivity contribution in [3.8, 4) is 17.2 Å². The summed E-state index contributed by atoms with van der Waals surface area (Å²) in [5, 5.41) is 8.11. The summed E-state index contributed by atoms with van der Waals surface area (Å²) in [6.45, 7) is 4.31. The summed E-state index contributed by atoms with van der Waals surface area (Å²) in [4.78, 5) is 40.1. The minimum absolute atomic E-state index is 0.0188. The summed E-state index contributed by atoms with van der Waals surface area (Å²) in [5.41, 5.74) is 2.19. The summed E-state index contributed by atoms with van der Waals surface area (Å²) in [5.74, 6) is 0.695. The van der Waals surface area contributed by atoms with E-state index >= 15 is 0 Å². The van der Waals surface area contributed by atoms with Crippen LogP contribution in [0.4, 0.5) is 11.4 Å². The molecule has 0 aliphatic carbocycles. The predicted octanol–water partition coefficient (Wildman–Crippen LogP) is 6.63. The van der Waals surface area contributed by atoms with E-state index in [0.29, 0.717) is 40.6 Å². The van der Waals surface area contributed by atoms with Crippen LogP contribution in [0.1, 0.15) is 29.8 Å². The fraction of sp³-hybridized carbons (Fsp3) is 0.171. The fourth-order valence-corrected chi connectivity index (χ4v) is 5.02. The normalized spacial score (nSPS) is 11.6. The van der Waals surface area contributed by atoms with Gasteiger partial charge in [0.2, 0.25) is 5.91 Å². The Bertz CT molecular complexity index is 1640. The molecule has 1 atom stereocenters. The van der Waals surface area contributed by atoms with Gasteiger partial charge in [-0.25, -0.2) is 0 Å². The van der Waals surface area contributed by atoms with Crippen LogP contribution >= 0.6 is 11.8 Å². The highest BCUT2D eigenvalue weighted by Gasteiger charge is 2.18. The molecule has 0 saturated carbocycles. The molecule has 0 radical (unpaired) electrons. The topological polar surface area (TPSA) is 115 Å². The van der Waals surface area contributed by atoms with Crippen molar-refractivity contribution in [3.63, 3.8) is 0 Å². The summed E-state index contributed by atoms with van der Waals surface area (Å²) < 4.78 is 16.2. The van der Waals surface area contributed by atoms with Gasteiger partial charge < -0.3 is 30.2 Å². The number of methoxy groups -OCH3 is 2. The standard InChI is InChI=1S/C35H35N3O6S/c1-5-44-28-17-12-26(13-18-28)36-33(39)23(2)45-30-19-14-27(15-20-30)37-35(41)31(38-34(40)24-9-7-6-8-10-24)21-25-11-16-29(42-3)22-32(25)43-4/h6-23H,5H2,1-4H3,(H,36,39)(H,37,41)(H,38,40)/b31-21-. The van der Waals surface area contributed by atoms with Gasteiger partial charge in [0.15, 0.2) is 0 Å². The minimum atomic E-state index is -0.527. The molecule has 0 aromatic heterocycles. The third-order valence-corrected chi connectivity index (χ3v) is 7.61. The Labute approximate surface area is 267 Å². The largest absolute Gasteiger partial charge is 0.497 e. The lowest BCUT2D eigenvalue weighted by Gasteiger charge is -2.14. The molecule has 9 nitrogen and oxygen atoms in total. The van der Waals surface area contributed by atoms with Crippen molar-refractivity contribution in [2.45, 2.75) is 24.0 Å². The van der Waals surface area contributed by atoms with E-state index in [1.165, 1.54) is 18.9 Å². The van der Waals surface area contributed by atoms with Gasteiger partial charge in [0.1, 0.15) is 22.9 Å². The second kappa shape index (κ2) is 16.0. The molecule has 0 heterocycles. The van der Waals surface area contributed by atoms with Gasteiger partial charge in [-0.3, -0.25) is 14.4 Å². The van der Waals surface area contributed by atoms with Crippen molar-refractivity contribution in [1.82, 2.24) is 5.32 Å². The number of hydrogen-bond acceptors (Lipinski definition) is 7. The van der Waals surface area contributed by atoms with Gasteiger partial charge in [-0.15, -0.1) is 11.8 Å². The number of amides is 3. The van der Waals surface area contributed by atoms with Gasteiger partial charge in [0.25, 0.3) is 11.8 Å². The van der Waals surface area contributed by atoms with Crippen LogP contribution in [-0.2, 0) is 9.59 Å². The molecule has 4 aromatic rings. The molecule has 10 heteroatoms. The van der Waals surface area contributed by atoms with E-state index in [1.807, 2.05) is 38.1 Å². The fourth-order valence-electron chi connectivity index (χ4n) is 4.15. The molecule has 45 heavy (non-hydrogen) atoms. The third-order valence-electron chi connectivity index (χ3n) is 6.50. The zero-order valence-corrected chi connectivity index (χ0v) is 26.3. The molecular formula is C35H35N3O6S. The molecular weight excluding hydrogens is 590 g/mol. The number of carbonyl (C=O) groups is 3. The number of anilines is 2.